The molecule has 0 spiro atoms. The van der Waals surface area contributed by atoms with Gasteiger partial charge in [0, 0.05) is 19.7 Å². The van der Waals surface area contributed by atoms with Gasteiger partial charge in [0.05, 0.1) is 17.7 Å². The number of anilines is 1. The van der Waals surface area contributed by atoms with Crippen molar-refractivity contribution in [2.24, 2.45) is 0 Å². The van der Waals surface area contributed by atoms with E-state index in [4.69, 9.17) is 4.84 Å². The van der Waals surface area contributed by atoms with Crippen LogP contribution in [0.3, 0.4) is 0 Å². The number of benzene rings is 2. The molecule has 2 aromatic carbocycles. The highest BCUT2D eigenvalue weighted by Gasteiger charge is 2.21. The lowest BCUT2D eigenvalue weighted by atomic mass is 10.2. The number of para-hydroxylation sites is 1. The Bertz CT molecular complexity index is 773. The Labute approximate surface area is 135 Å². The topological polar surface area (TPSA) is 66.9 Å². The number of hydrogen-bond acceptors (Lipinski definition) is 4. The molecule has 0 saturated heterocycles. The van der Waals surface area contributed by atoms with Gasteiger partial charge in [-0.1, -0.05) is 18.2 Å². The largest absolute Gasteiger partial charge is 0.277 e. The molecule has 0 aromatic heterocycles. The minimum absolute atomic E-state index is 0.112. The van der Waals surface area contributed by atoms with Crippen LogP contribution in [0.15, 0.2) is 59.5 Å². The lowest BCUT2D eigenvalue weighted by molar-refractivity contribution is -0.0757. The zero-order chi connectivity index (χ0) is 17.0. The lowest BCUT2D eigenvalue weighted by Gasteiger charge is -2.19. The molecule has 0 N–H and O–H groups in total. The van der Waals surface area contributed by atoms with Crippen LogP contribution in [0.4, 0.5) is 5.69 Å². The number of hydroxylamine groups is 2. The number of amides is 1. The second-order valence-electron chi connectivity index (χ2n) is 4.82. The summed E-state index contributed by atoms with van der Waals surface area (Å²) in [5, 5.41) is 1.07. The summed E-state index contributed by atoms with van der Waals surface area (Å²) >= 11 is 0. The first kappa shape index (κ1) is 17.0. The van der Waals surface area contributed by atoms with E-state index in [9.17, 15) is 13.2 Å². The van der Waals surface area contributed by atoms with Crippen LogP contribution in [0.1, 0.15) is 10.4 Å². The maximum absolute atomic E-state index is 12.6. The highest BCUT2D eigenvalue weighted by Crippen LogP contribution is 2.22. The molecule has 6 nitrogen and oxygen atoms in total. The van der Waals surface area contributed by atoms with Crippen molar-refractivity contribution in [3.05, 3.63) is 60.2 Å². The van der Waals surface area contributed by atoms with Crippen molar-refractivity contribution in [2.75, 3.05) is 25.5 Å². The molecule has 0 aliphatic heterocycles. The summed E-state index contributed by atoms with van der Waals surface area (Å²) in [5.41, 5.74) is 0.905. The van der Waals surface area contributed by atoms with E-state index in [2.05, 4.69) is 0 Å². The van der Waals surface area contributed by atoms with Crippen molar-refractivity contribution in [3.8, 4) is 0 Å². The van der Waals surface area contributed by atoms with E-state index in [0.29, 0.717) is 11.3 Å². The summed E-state index contributed by atoms with van der Waals surface area (Å²) < 4.78 is 26.4. The molecule has 0 unspecified atom stereocenters. The minimum atomic E-state index is -3.68. The van der Waals surface area contributed by atoms with Gasteiger partial charge in [0.25, 0.3) is 15.9 Å². The smallest absolute Gasteiger partial charge is 0.274 e. The third-order valence-electron chi connectivity index (χ3n) is 3.44. The number of sulfonamides is 1. The Hall–Kier alpha value is -2.38. The molecule has 122 valence electrons. The number of rotatable bonds is 5. The first-order chi connectivity index (χ1) is 10.9. The van der Waals surface area contributed by atoms with Crippen LogP contribution in [0.5, 0.6) is 0 Å². The third-order valence-corrected chi connectivity index (χ3v) is 5.24. The maximum atomic E-state index is 12.6. The van der Waals surface area contributed by atoms with Crippen LogP contribution in [0.2, 0.25) is 0 Å². The summed E-state index contributed by atoms with van der Waals surface area (Å²) in [6.45, 7) is 0. The zero-order valence-electron chi connectivity index (χ0n) is 13.1. The summed E-state index contributed by atoms with van der Waals surface area (Å²) in [6.07, 6.45) is 0. The van der Waals surface area contributed by atoms with Crippen molar-refractivity contribution in [1.29, 1.82) is 0 Å². The van der Waals surface area contributed by atoms with Crippen molar-refractivity contribution in [3.63, 3.8) is 0 Å². The summed E-state index contributed by atoms with van der Waals surface area (Å²) in [5.74, 6) is -0.354. The molecule has 0 saturated carbocycles. The maximum Gasteiger partial charge on any atom is 0.277 e. The SMILES string of the molecule is CON(C)C(=O)c1ccc(S(=O)(=O)N(C)c2ccccc2)cc1. The van der Waals surface area contributed by atoms with Crippen molar-refractivity contribution in [2.45, 2.75) is 4.90 Å². The zero-order valence-corrected chi connectivity index (χ0v) is 13.9. The number of nitrogens with zero attached hydrogens (tertiary/aromatic N) is 2. The van der Waals surface area contributed by atoms with Crippen LogP contribution in [0.25, 0.3) is 0 Å². The molecule has 2 aromatic rings. The molecule has 0 aliphatic rings. The van der Waals surface area contributed by atoms with Gasteiger partial charge >= 0.3 is 0 Å². The van der Waals surface area contributed by atoms with E-state index in [1.807, 2.05) is 6.07 Å². The molecule has 7 heteroatoms. The Morgan fingerprint density at radius 2 is 1.52 bits per heavy atom. The standard InChI is InChI=1S/C16H18N2O4S/c1-17(22-3)16(19)13-9-11-15(12-10-13)23(20,21)18(2)14-7-5-4-6-8-14/h4-12H,1-3H3. The van der Waals surface area contributed by atoms with Crippen LogP contribution in [0, 0.1) is 0 Å². The monoisotopic (exact) mass is 334 g/mol. The van der Waals surface area contributed by atoms with Gasteiger partial charge in [-0.2, -0.15) is 0 Å². The fraction of sp³-hybridized carbons (Fsp3) is 0.188. The molecule has 0 heterocycles. The quantitative estimate of drug-likeness (QED) is 0.786. The van der Waals surface area contributed by atoms with Crippen LogP contribution >= 0.6 is 0 Å². The number of carbonyl (C=O) groups is 1. The number of carbonyl (C=O) groups excluding carboxylic acids is 1. The van der Waals surface area contributed by atoms with Gasteiger partial charge < -0.3 is 0 Å². The Morgan fingerprint density at radius 1 is 0.957 bits per heavy atom. The molecular formula is C16H18N2O4S. The van der Waals surface area contributed by atoms with Crippen molar-refractivity contribution < 1.29 is 18.0 Å². The van der Waals surface area contributed by atoms with E-state index < -0.39 is 10.0 Å². The van der Waals surface area contributed by atoms with Crippen LogP contribution < -0.4 is 4.31 Å². The van der Waals surface area contributed by atoms with E-state index >= 15 is 0 Å². The predicted octanol–water partition coefficient (Wildman–Crippen LogP) is 2.15. The predicted molar refractivity (Wildman–Crippen MR) is 87.6 cm³/mol. The average molecular weight is 334 g/mol. The average Bonchev–Trinajstić information content (AvgIpc) is 2.60. The molecular weight excluding hydrogens is 316 g/mol. The molecule has 0 atom stereocenters. The van der Waals surface area contributed by atoms with Gasteiger partial charge in [0.15, 0.2) is 0 Å². The number of hydrogen-bond donors (Lipinski definition) is 0. The van der Waals surface area contributed by atoms with Crippen molar-refractivity contribution in [1.82, 2.24) is 5.06 Å². The molecule has 0 aliphatic carbocycles. The van der Waals surface area contributed by atoms with Gasteiger partial charge in [0.1, 0.15) is 0 Å². The minimum Gasteiger partial charge on any atom is -0.274 e. The van der Waals surface area contributed by atoms with Crippen LogP contribution in [-0.2, 0) is 14.9 Å². The van der Waals surface area contributed by atoms with Crippen molar-refractivity contribution >= 4 is 21.6 Å². The Morgan fingerprint density at radius 3 is 2.04 bits per heavy atom. The van der Waals surface area contributed by atoms with Gasteiger partial charge in [-0.25, -0.2) is 13.5 Å². The van der Waals surface area contributed by atoms with Gasteiger partial charge in [-0.05, 0) is 36.4 Å². The summed E-state index contributed by atoms with van der Waals surface area (Å²) in [6, 6.07) is 14.5. The summed E-state index contributed by atoms with van der Waals surface area (Å²) in [7, 11) is 0.668. The second-order valence-corrected chi connectivity index (χ2v) is 6.79. The Balaban J connectivity index is 2.29. The molecule has 2 rings (SSSR count). The highest BCUT2D eigenvalue weighted by molar-refractivity contribution is 7.92. The molecule has 23 heavy (non-hydrogen) atoms. The van der Waals surface area contributed by atoms with Gasteiger partial charge in [0.2, 0.25) is 0 Å². The first-order valence-electron chi connectivity index (χ1n) is 6.84. The first-order valence-corrected chi connectivity index (χ1v) is 8.28. The summed E-state index contributed by atoms with van der Waals surface area (Å²) in [4.78, 5) is 16.9. The van der Waals surface area contributed by atoms with E-state index in [1.54, 1.807) is 24.3 Å². The van der Waals surface area contributed by atoms with E-state index in [-0.39, 0.29) is 10.8 Å². The van der Waals surface area contributed by atoms with Crippen LogP contribution in [-0.4, -0.2) is 40.6 Å². The van der Waals surface area contributed by atoms with E-state index in [0.717, 1.165) is 5.06 Å². The molecule has 0 bridgehead atoms. The van der Waals surface area contributed by atoms with Gasteiger partial charge in [-0.3, -0.25) is 13.9 Å². The lowest BCUT2D eigenvalue weighted by Crippen LogP contribution is -2.27. The highest BCUT2D eigenvalue weighted by atomic mass is 32.2. The second kappa shape index (κ2) is 6.80. The molecule has 0 fully saturated rings. The molecule has 0 radical (unpaired) electrons. The fourth-order valence-corrected chi connectivity index (χ4v) is 3.16. The normalized spacial score (nSPS) is 11.1. The fourth-order valence-electron chi connectivity index (χ4n) is 1.97. The third kappa shape index (κ3) is 3.52. The van der Waals surface area contributed by atoms with Gasteiger partial charge in [-0.15, -0.1) is 0 Å². The Kier molecular flexibility index (Phi) is 5.02. The van der Waals surface area contributed by atoms with E-state index in [1.165, 1.54) is 49.8 Å². The molecule has 1 amide bonds.